The van der Waals surface area contributed by atoms with Gasteiger partial charge in [0.25, 0.3) is 5.91 Å². The fraction of sp³-hybridized carbons (Fsp3) is 0.524. The highest BCUT2D eigenvalue weighted by Crippen LogP contribution is 2.26. The Morgan fingerprint density at radius 3 is 2.52 bits per heavy atom. The van der Waals surface area contributed by atoms with Gasteiger partial charge >= 0.3 is 6.03 Å². The standard InChI is InChI=1S/C21H28N4O4/c1-12(2)7-8-21(6)19(27)24(20(28)22-21)11-17(26)16-9-13(3)25(15(16)5)18-10-14(4)29-23-18/h9-10,12H,7-8,11H2,1-6H3,(H,22,28)/t21-/m0/s1. The molecule has 3 rings (SSSR count). The minimum atomic E-state index is -0.962. The van der Waals surface area contributed by atoms with Crippen LogP contribution in [-0.2, 0) is 4.79 Å². The third-order valence-electron chi connectivity index (χ3n) is 5.44. The summed E-state index contributed by atoms with van der Waals surface area (Å²) in [5.74, 6) is 1.03. The number of hydrogen-bond acceptors (Lipinski definition) is 5. The lowest BCUT2D eigenvalue weighted by Gasteiger charge is -2.22. The van der Waals surface area contributed by atoms with Crippen molar-refractivity contribution in [1.29, 1.82) is 0 Å². The molecule has 0 radical (unpaired) electrons. The zero-order chi connectivity index (χ0) is 21.5. The van der Waals surface area contributed by atoms with Gasteiger partial charge in [-0.2, -0.15) is 0 Å². The number of urea groups is 1. The first-order valence-electron chi connectivity index (χ1n) is 9.83. The third-order valence-corrected chi connectivity index (χ3v) is 5.44. The Morgan fingerprint density at radius 1 is 1.24 bits per heavy atom. The van der Waals surface area contributed by atoms with E-state index in [1.54, 1.807) is 26.0 Å². The Labute approximate surface area is 170 Å². The molecule has 1 N–H and O–H groups in total. The Hall–Kier alpha value is -2.90. The van der Waals surface area contributed by atoms with E-state index in [2.05, 4.69) is 24.3 Å². The molecular weight excluding hydrogens is 372 g/mol. The summed E-state index contributed by atoms with van der Waals surface area (Å²) in [5, 5.41) is 6.77. The van der Waals surface area contributed by atoms with Gasteiger partial charge in [0, 0.05) is 23.0 Å². The SMILES string of the molecule is Cc1cc(-n2c(C)cc(C(=O)CN3C(=O)N[C@@](C)(CCC(C)C)C3=O)c2C)no1. The predicted octanol–water partition coefficient (Wildman–Crippen LogP) is 3.32. The number of nitrogens with zero attached hydrogens (tertiary/aromatic N) is 3. The molecule has 1 saturated heterocycles. The Kier molecular flexibility index (Phi) is 5.38. The van der Waals surface area contributed by atoms with Crippen LogP contribution in [0.5, 0.6) is 0 Å². The van der Waals surface area contributed by atoms with Gasteiger partial charge in [-0.1, -0.05) is 19.0 Å². The van der Waals surface area contributed by atoms with Crippen molar-refractivity contribution in [1.82, 2.24) is 19.9 Å². The second-order valence-corrected chi connectivity index (χ2v) is 8.43. The molecule has 8 heteroatoms. The number of aromatic nitrogens is 2. The fourth-order valence-corrected chi connectivity index (χ4v) is 3.72. The van der Waals surface area contributed by atoms with Gasteiger partial charge in [0.1, 0.15) is 11.3 Å². The maximum absolute atomic E-state index is 13.0. The maximum Gasteiger partial charge on any atom is 0.325 e. The van der Waals surface area contributed by atoms with Gasteiger partial charge in [0.05, 0.1) is 6.54 Å². The molecule has 8 nitrogen and oxygen atoms in total. The van der Waals surface area contributed by atoms with Gasteiger partial charge < -0.3 is 9.84 Å². The first kappa shape index (κ1) is 20.8. The number of hydrogen-bond donors (Lipinski definition) is 1. The highest BCUT2D eigenvalue weighted by molar-refractivity contribution is 6.11. The Bertz CT molecular complexity index is 971. The lowest BCUT2D eigenvalue weighted by Crippen LogP contribution is -2.44. The summed E-state index contributed by atoms with van der Waals surface area (Å²) >= 11 is 0. The molecule has 0 unspecified atom stereocenters. The molecule has 1 fully saturated rings. The number of amides is 3. The van der Waals surface area contributed by atoms with Crippen LogP contribution in [0.4, 0.5) is 4.79 Å². The zero-order valence-electron chi connectivity index (χ0n) is 17.8. The number of nitrogens with one attached hydrogen (secondary N) is 1. The van der Waals surface area contributed by atoms with Crippen molar-refractivity contribution in [3.63, 3.8) is 0 Å². The van der Waals surface area contributed by atoms with Crippen LogP contribution in [0.3, 0.4) is 0 Å². The van der Waals surface area contributed by atoms with Crippen molar-refractivity contribution in [2.75, 3.05) is 6.54 Å². The van der Waals surface area contributed by atoms with E-state index in [1.165, 1.54) is 0 Å². The summed E-state index contributed by atoms with van der Waals surface area (Å²) in [6, 6.07) is 3.01. The van der Waals surface area contributed by atoms with Crippen molar-refractivity contribution < 1.29 is 18.9 Å². The molecular formula is C21H28N4O4. The number of imide groups is 1. The zero-order valence-corrected chi connectivity index (χ0v) is 17.8. The first-order valence-corrected chi connectivity index (χ1v) is 9.83. The summed E-state index contributed by atoms with van der Waals surface area (Å²) in [4.78, 5) is 39.3. The lowest BCUT2D eigenvalue weighted by molar-refractivity contribution is -0.130. The molecule has 1 aliphatic heterocycles. The molecule has 29 heavy (non-hydrogen) atoms. The highest BCUT2D eigenvalue weighted by atomic mass is 16.5. The van der Waals surface area contributed by atoms with E-state index in [-0.39, 0.29) is 18.2 Å². The second-order valence-electron chi connectivity index (χ2n) is 8.43. The quantitative estimate of drug-likeness (QED) is 0.568. The number of aryl methyl sites for hydroxylation is 2. The van der Waals surface area contributed by atoms with E-state index >= 15 is 0 Å². The van der Waals surface area contributed by atoms with Gasteiger partial charge in [-0.3, -0.25) is 19.1 Å². The first-order chi connectivity index (χ1) is 13.5. The summed E-state index contributed by atoms with van der Waals surface area (Å²) in [6.45, 7) is 11.0. The van der Waals surface area contributed by atoms with Crippen LogP contribution in [0.2, 0.25) is 0 Å². The topological polar surface area (TPSA) is 97.4 Å². The van der Waals surface area contributed by atoms with Crippen LogP contribution < -0.4 is 5.32 Å². The van der Waals surface area contributed by atoms with Gasteiger partial charge in [-0.25, -0.2) is 4.79 Å². The van der Waals surface area contributed by atoms with E-state index in [0.717, 1.165) is 17.0 Å². The molecule has 0 bridgehead atoms. The summed E-state index contributed by atoms with van der Waals surface area (Å²) in [5.41, 5.74) is 1.00. The van der Waals surface area contributed by atoms with Crippen LogP contribution in [0.1, 0.15) is 61.1 Å². The van der Waals surface area contributed by atoms with Gasteiger partial charge in [0.15, 0.2) is 11.6 Å². The number of carbonyl (C=O) groups is 3. The van der Waals surface area contributed by atoms with E-state index < -0.39 is 11.6 Å². The molecule has 1 atom stereocenters. The fourth-order valence-electron chi connectivity index (χ4n) is 3.72. The average Bonchev–Trinajstić information content (AvgIpc) is 3.24. The van der Waals surface area contributed by atoms with Crippen molar-refractivity contribution in [2.45, 2.75) is 59.9 Å². The minimum Gasteiger partial charge on any atom is -0.360 e. The monoisotopic (exact) mass is 400 g/mol. The predicted molar refractivity (Wildman–Crippen MR) is 107 cm³/mol. The maximum atomic E-state index is 13.0. The smallest absolute Gasteiger partial charge is 0.325 e. The highest BCUT2D eigenvalue weighted by Gasteiger charge is 2.48. The summed E-state index contributed by atoms with van der Waals surface area (Å²) < 4.78 is 6.96. The van der Waals surface area contributed by atoms with Crippen LogP contribution in [0, 0.1) is 26.7 Å². The summed E-state index contributed by atoms with van der Waals surface area (Å²) in [6.07, 6.45) is 1.35. The number of Topliss-reactive ketones (excluding diaryl/α,β-unsaturated/α-hetero) is 1. The van der Waals surface area contributed by atoms with E-state index in [4.69, 9.17) is 4.52 Å². The van der Waals surface area contributed by atoms with Crippen molar-refractivity contribution in [2.24, 2.45) is 5.92 Å². The van der Waals surface area contributed by atoms with E-state index in [0.29, 0.717) is 35.2 Å². The van der Waals surface area contributed by atoms with Gasteiger partial charge in [-0.15, -0.1) is 0 Å². The normalized spacial score (nSPS) is 19.3. The van der Waals surface area contributed by atoms with Crippen molar-refractivity contribution >= 4 is 17.7 Å². The van der Waals surface area contributed by atoms with Crippen LogP contribution in [0.25, 0.3) is 5.82 Å². The number of rotatable bonds is 7. The van der Waals surface area contributed by atoms with Crippen molar-refractivity contribution in [3.8, 4) is 5.82 Å². The molecule has 156 valence electrons. The molecule has 0 spiro atoms. The molecule has 2 aromatic rings. The Morgan fingerprint density at radius 2 is 1.93 bits per heavy atom. The average molecular weight is 400 g/mol. The largest absolute Gasteiger partial charge is 0.360 e. The minimum absolute atomic E-state index is 0.288. The van der Waals surface area contributed by atoms with E-state index in [1.807, 2.05) is 18.4 Å². The lowest BCUT2D eigenvalue weighted by atomic mass is 9.92. The van der Waals surface area contributed by atoms with E-state index in [9.17, 15) is 14.4 Å². The van der Waals surface area contributed by atoms with Gasteiger partial charge in [0.2, 0.25) is 0 Å². The van der Waals surface area contributed by atoms with Crippen LogP contribution in [-0.4, -0.2) is 44.4 Å². The molecule has 3 amide bonds. The van der Waals surface area contributed by atoms with Crippen molar-refractivity contribution in [3.05, 3.63) is 34.8 Å². The van der Waals surface area contributed by atoms with Crippen LogP contribution >= 0.6 is 0 Å². The molecule has 2 aromatic heterocycles. The molecule has 3 heterocycles. The molecule has 0 aliphatic carbocycles. The van der Waals surface area contributed by atoms with Gasteiger partial charge in [-0.05, 0) is 52.5 Å². The van der Waals surface area contributed by atoms with Crippen LogP contribution in [0.15, 0.2) is 16.7 Å². The molecule has 0 saturated carbocycles. The number of carbonyl (C=O) groups excluding carboxylic acids is 3. The third kappa shape index (κ3) is 3.83. The molecule has 0 aromatic carbocycles. The Balaban J connectivity index is 1.80. The number of ketones is 1. The second kappa shape index (κ2) is 7.50. The molecule has 1 aliphatic rings. The summed E-state index contributed by atoms with van der Waals surface area (Å²) in [7, 11) is 0.